The number of amides is 1. The summed E-state index contributed by atoms with van der Waals surface area (Å²) >= 11 is 3.49. The van der Waals surface area contributed by atoms with E-state index < -0.39 is 0 Å². The molecule has 1 saturated carbocycles. The lowest BCUT2D eigenvalue weighted by Gasteiger charge is -2.41. The molecule has 1 N–H and O–H groups in total. The third kappa shape index (κ3) is 3.83. The molecular weight excluding hydrogens is 414 g/mol. The minimum absolute atomic E-state index is 0.161. The van der Waals surface area contributed by atoms with Crippen molar-refractivity contribution in [2.24, 2.45) is 0 Å². The van der Waals surface area contributed by atoms with E-state index in [0.29, 0.717) is 6.54 Å². The Bertz CT molecular complexity index is 824. The molecule has 0 radical (unpaired) electrons. The first kappa shape index (κ1) is 19.5. The van der Waals surface area contributed by atoms with Gasteiger partial charge in [0.25, 0.3) is 0 Å². The first-order valence-electron chi connectivity index (χ1n) is 10.1. The van der Waals surface area contributed by atoms with Crippen molar-refractivity contribution in [2.45, 2.75) is 31.2 Å². The summed E-state index contributed by atoms with van der Waals surface area (Å²) in [5, 5.41) is 3.26. The van der Waals surface area contributed by atoms with Gasteiger partial charge in [-0.2, -0.15) is 0 Å². The van der Waals surface area contributed by atoms with Crippen LogP contribution >= 0.6 is 15.9 Å². The van der Waals surface area contributed by atoms with E-state index in [0.717, 1.165) is 55.5 Å². The van der Waals surface area contributed by atoms with Gasteiger partial charge in [-0.1, -0.05) is 52.7 Å². The van der Waals surface area contributed by atoms with Crippen molar-refractivity contribution in [2.75, 3.05) is 38.1 Å². The van der Waals surface area contributed by atoms with Crippen molar-refractivity contribution in [3.63, 3.8) is 0 Å². The molecule has 1 amide bonds. The van der Waals surface area contributed by atoms with Crippen LogP contribution in [0.4, 0.5) is 5.69 Å². The fraction of sp³-hybridized carbons (Fsp3) is 0.435. The quantitative estimate of drug-likeness (QED) is 0.762. The maximum Gasteiger partial charge on any atom is 0.230 e. The van der Waals surface area contributed by atoms with Gasteiger partial charge >= 0.3 is 0 Å². The highest BCUT2D eigenvalue weighted by Gasteiger charge is 2.45. The molecule has 2 aromatic carbocycles. The van der Waals surface area contributed by atoms with E-state index in [1.54, 1.807) is 0 Å². The lowest BCUT2D eigenvalue weighted by atomic mass is 9.64. The first-order chi connectivity index (χ1) is 13.6. The van der Waals surface area contributed by atoms with Crippen molar-refractivity contribution in [3.8, 4) is 0 Å². The molecule has 0 aromatic heterocycles. The zero-order chi connectivity index (χ0) is 19.6. The van der Waals surface area contributed by atoms with Crippen LogP contribution in [0, 0.1) is 0 Å². The van der Waals surface area contributed by atoms with Gasteiger partial charge in [-0.3, -0.25) is 4.79 Å². The summed E-state index contributed by atoms with van der Waals surface area (Å²) in [6.45, 7) is 4.80. The van der Waals surface area contributed by atoms with Gasteiger partial charge in [0.15, 0.2) is 0 Å². The van der Waals surface area contributed by atoms with E-state index in [4.69, 9.17) is 0 Å². The number of piperazine rings is 1. The van der Waals surface area contributed by atoms with Gasteiger partial charge in [-0.25, -0.2) is 0 Å². The van der Waals surface area contributed by atoms with Gasteiger partial charge in [-0.05, 0) is 49.2 Å². The molecule has 2 aliphatic rings. The van der Waals surface area contributed by atoms with Crippen LogP contribution in [0.15, 0.2) is 53.0 Å². The van der Waals surface area contributed by atoms with E-state index in [-0.39, 0.29) is 11.3 Å². The Labute approximate surface area is 176 Å². The predicted molar refractivity (Wildman–Crippen MR) is 118 cm³/mol. The number of hydrogen-bond acceptors (Lipinski definition) is 3. The van der Waals surface area contributed by atoms with E-state index in [1.807, 2.05) is 12.1 Å². The summed E-state index contributed by atoms with van der Waals surface area (Å²) in [4.78, 5) is 18.0. The number of anilines is 1. The van der Waals surface area contributed by atoms with Crippen LogP contribution in [0.25, 0.3) is 0 Å². The smallest absolute Gasteiger partial charge is 0.230 e. The third-order valence-electron chi connectivity index (χ3n) is 6.31. The van der Waals surface area contributed by atoms with Crippen molar-refractivity contribution >= 4 is 27.5 Å². The van der Waals surface area contributed by atoms with Gasteiger partial charge in [0.1, 0.15) is 0 Å². The second-order valence-corrected chi connectivity index (χ2v) is 8.96. The monoisotopic (exact) mass is 441 g/mol. The van der Waals surface area contributed by atoms with Crippen molar-refractivity contribution in [1.29, 1.82) is 0 Å². The van der Waals surface area contributed by atoms with Crippen molar-refractivity contribution < 1.29 is 4.79 Å². The number of rotatable bonds is 5. The fourth-order valence-corrected chi connectivity index (χ4v) is 4.57. The largest absolute Gasteiger partial charge is 0.369 e. The molecule has 1 aliphatic carbocycles. The number of likely N-dealkylation sites (N-methyl/N-ethyl adjacent to an activating group) is 1. The third-order valence-corrected chi connectivity index (χ3v) is 6.84. The summed E-state index contributed by atoms with van der Waals surface area (Å²) in [6.07, 6.45) is 2.97. The van der Waals surface area contributed by atoms with Gasteiger partial charge in [-0.15, -0.1) is 0 Å². The lowest BCUT2D eigenvalue weighted by molar-refractivity contribution is -0.130. The summed E-state index contributed by atoms with van der Waals surface area (Å²) in [5.41, 5.74) is 3.23. The normalized spacial score (nSPS) is 19.1. The highest BCUT2D eigenvalue weighted by molar-refractivity contribution is 9.10. The standard InChI is InChI=1S/C23H28BrN3O/c1-26-13-15-27(16-14-26)21-6-3-2-5-18(21)17-25-22(28)23(11-4-12-23)19-7-9-20(24)10-8-19/h2-3,5-10H,4,11-17H2,1H3,(H,25,28). The molecule has 0 bridgehead atoms. The number of halogens is 1. The Balaban J connectivity index is 1.47. The zero-order valence-electron chi connectivity index (χ0n) is 16.5. The molecule has 0 unspecified atom stereocenters. The van der Waals surface area contributed by atoms with Gasteiger partial charge < -0.3 is 15.1 Å². The minimum Gasteiger partial charge on any atom is -0.369 e. The second kappa shape index (κ2) is 8.26. The molecule has 148 valence electrons. The van der Waals surface area contributed by atoms with Crippen LogP contribution in [0.1, 0.15) is 30.4 Å². The molecule has 0 spiro atoms. The number of nitrogens with one attached hydrogen (secondary N) is 1. The Morgan fingerprint density at radius 2 is 1.71 bits per heavy atom. The SMILES string of the molecule is CN1CCN(c2ccccc2CNC(=O)C2(c3ccc(Br)cc3)CCC2)CC1. The van der Waals surface area contributed by atoms with E-state index >= 15 is 0 Å². The van der Waals surface area contributed by atoms with E-state index in [1.165, 1.54) is 11.3 Å². The maximum atomic E-state index is 13.2. The molecule has 4 nitrogen and oxygen atoms in total. The van der Waals surface area contributed by atoms with Gasteiger partial charge in [0, 0.05) is 42.9 Å². The summed E-state index contributed by atoms with van der Waals surface area (Å²) in [5.74, 6) is 0.161. The van der Waals surface area contributed by atoms with Gasteiger partial charge in [0.05, 0.1) is 5.41 Å². The molecule has 5 heteroatoms. The molecule has 2 fully saturated rings. The molecule has 1 saturated heterocycles. The Morgan fingerprint density at radius 3 is 2.36 bits per heavy atom. The Hall–Kier alpha value is -1.85. The maximum absolute atomic E-state index is 13.2. The summed E-state index contributed by atoms with van der Waals surface area (Å²) < 4.78 is 1.05. The summed E-state index contributed by atoms with van der Waals surface area (Å²) in [6, 6.07) is 16.7. The highest BCUT2D eigenvalue weighted by Crippen LogP contribution is 2.44. The Kier molecular flexibility index (Phi) is 5.74. The van der Waals surface area contributed by atoms with E-state index in [2.05, 4.69) is 74.5 Å². The number of carbonyl (C=O) groups excluding carboxylic acids is 1. The number of nitrogens with zero attached hydrogens (tertiary/aromatic N) is 2. The highest BCUT2D eigenvalue weighted by atomic mass is 79.9. The second-order valence-electron chi connectivity index (χ2n) is 8.04. The van der Waals surface area contributed by atoms with E-state index in [9.17, 15) is 4.79 Å². The zero-order valence-corrected chi connectivity index (χ0v) is 18.0. The van der Waals surface area contributed by atoms with Crippen LogP contribution in [0.2, 0.25) is 0 Å². The van der Waals surface area contributed by atoms with Crippen LogP contribution in [0.5, 0.6) is 0 Å². The van der Waals surface area contributed by atoms with Crippen LogP contribution in [-0.4, -0.2) is 44.0 Å². The number of benzene rings is 2. The topological polar surface area (TPSA) is 35.6 Å². The molecule has 2 aromatic rings. The average molecular weight is 442 g/mol. The molecule has 28 heavy (non-hydrogen) atoms. The lowest BCUT2D eigenvalue weighted by Crippen LogP contribution is -2.49. The van der Waals surface area contributed by atoms with Crippen molar-refractivity contribution in [1.82, 2.24) is 10.2 Å². The molecule has 1 aliphatic heterocycles. The summed E-state index contributed by atoms with van der Waals surface area (Å²) in [7, 11) is 2.17. The van der Waals surface area contributed by atoms with Gasteiger partial charge in [0.2, 0.25) is 5.91 Å². The van der Waals surface area contributed by atoms with Crippen molar-refractivity contribution in [3.05, 3.63) is 64.1 Å². The number of hydrogen-bond donors (Lipinski definition) is 1. The van der Waals surface area contributed by atoms with Crippen LogP contribution in [0.3, 0.4) is 0 Å². The van der Waals surface area contributed by atoms with Crippen LogP contribution in [-0.2, 0) is 16.8 Å². The molecular formula is C23H28BrN3O. The first-order valence-corrected chi connectivity index (χ1v) is 10.9. The molecule has 4 rings (SSSR count). The Morgan fingerprint density at radius 1 is 1.04 bits per heavy atom. The average Bonchev–Trinajstić information content (AvgIpc) is 2.68. The van der Waals surface area contributed by atoms with Crippen LogP contribution < -0.4 is 10.2 Å². The predicted octanol–water partition coefficient (Wildman–Crippen LogP) is 3.94. The molecule has 1 heterocycles. The number of carbonyl (C=O) groups is 1. The minimum atomic E-state index is -0.358. The number of para-hydroxylation sites is 1. The fourth-order valence-electron chi connectivity index (χ4n) is 4.31. The molecule has 0 atom stereocenters.